The Hall–Kier alpha value is -2.29. The molecule has 3 nitrogen and oxygen atoms in total. The van der Waals surface area contributed by atoms with Gasteiger partial charge in [-0.25, -0.2) is 0 Å². The third-order valence-electron chi connectivity index (χ3n) is 2.90. The molecule has 0 aromatic heterocycles. The van der Waals surface area contributed by atoms with Crippen LogP contribution in [0.5, 0.6) is 5.75 Å². The molecule has 0 heterocycles. The molecule has 2 aromatic rings. The molecule has 0 radical (unpaired) electrons. The first kappa shape index (κ1) is 13.1. The minimum Gasteiger partial charge on any atom is -0.497 e. The Morgan fingerprint density at radius 3 is 2.47 bits per heavy atom. The summed E-state index contributed by atoms with van der Waals surface area (Å²) in [5.41, 5.74) is 3.33. The van der Waals surface area contributed by atoms with Gasteiger partial charge >= 0.3 is 0 Å². The van der Waals surface area contributed by atoms with Gasteiger partial charge in [-0.15, -0.1) is 0 Å². The summed E-state index contributed by atoms with van der Waals surface area (Å²) in [5.74, 6) is 0.830. The SMILES string of the molecule is COc1cccc(-c2ccc(CNC(C)=O)cc2)c1. The molecule has 0 saturated carbocycles. The lowest BCUT2D eigenvalue weighted by Gasteiger charge is -2.06. The highest BCUT2D eigenvalue weighted by atomic mass is 16.5. The van der Waals surface area contributed by atoms with Crippen LogP contribution >= 0.6 is 0 Å². The van der Waals surface area contributed by atoms with Crippen molar-refractivity contribution in [1.29, 1.82) is 0 Å². The van der Waals surface area contributed by atoms with Gasteiger partial charge in [0.1, 0.15) is 5.75 Å². The van der Waals surface area contributed by atoms with Gasteiger partial charge in [0.25, 0.3) is 0 Å². The quantitative estimate of drug-likeness (QED) is 0.912. The van der Waals surface area contributed by atoms with Crippen molar-refractivity contribution >= 4 is 5.91 Å². The second-order valence-electron chi connectivity index (χ2n) is 4.34. The molecular formula is C16H17NO2. The number of benzene rings is 2. The predicted molar refractivity (Wildman–Crippen MR) is 76.0 cm³/mol. The van der Waals surface area contributed by atoms with Crippen LogP contribution in [0.1, 0.15) is 12.5 Å². The summed E-state index contributed by atoms with van der Waals surface area (Å²) in [5, 5.41) is 2.78. The molecule has 19 heavy (non-hydrogen) atoms. The van der Waals surface area contributed by atoms with Gasteiger partial charge in [0.15, 0.2) is 0 Å². The number of nitrogens with one attached hydrogen (secondary N) is 1. The molecule has 0 saturated heterocycles. The molecule has 0 atom stereocenters. The van der Waals surface area contributed by atoms with E-state index >= 15 is 0 Å². The van der Waals surface area contributed by atoms with Crippen LogP contribution in [0.25, 0.3) is 11.1 Å². The van der Waals surface area contributed by atoms with Gasteiger partial charge in [-0.1, -0.05) is 36.4 Å². The monoisotopic (exact) mass is 255 g/mol. The third kappa shape index (κ3) is 3.58. The van der Waals surface area contributed by atoms with Crippen LogP contribution in [0.3, 0.4) is 0 Å². The van der Waals surface area contributed by atoms with E-state index in [2.05, 4.69) is 5.32 Å². The lowest BCUT2D eigenvalue weighted by molar-refractivity contribution is -0.119. The van der Waals surface area contributed by atoms with E-state index in [1.54, 1.807) is 7.11 Å². The number of ether oxygens (including phenoxy) is 1. The molecule has 0 aliphatic heterocycles. The number of carbonyl (C=O) groups is 1. The van der Waals surface area contributed by atoms with Gasteiger partial charge in [0, 0.05) is 13.5 Å². The number of methoxy groups -OCH3 is 1. The van der Waals surface area contributed by atoms with E-state index in [0.29, 0.717) is 6.54 Å². The van der Waals surface area contributed by atoms with E-state index in [0.717, 1.165) is 22.4 Å². The summed E-state index contributed by atoms with van der Waals surface area (Å²) in [6.07, 6.45) is 0. The van der Waals surface area contributed by atoms with E-state index in [4.69, 9.17) is 4.74 Å². The highest BCUT2D eigenvalue weighted by molar-refractivity contribution is 5.72. The molecule has 0 bridgehead atoms. The molecule has 2 aromatic carbocycles. The maximum absolute atomic E-state index is 10.9. The second kappa shape index (κ2) is 6.05. The summed E-state index contributed by atoms with van der Waals surface area (Å²) >= 11 is 0. The van der Waals surface area contributed by atoms with E-state index < -0.39 is 0 Å². The number of carbonyl (C=O) groups excluding carboxylic acids is 1. The molecule has 0 aliphatic rings. The Bertz CT molecular complexity index is 561. The fourth-order valence-electron chi connectivity index (χ4n) is 1.84. The van der Waals surface area contributed by atoms with Crippen LogP contribution in [0, 0.1) is 0 Å². The van der Waals surface area contributed by atoms with Crippen molar-refractivity contribution in [3.8, 4) is 16.9 Å². The average Bonchev–Trinajstić information content (AvgIpc) is 2.45. The third-order valence-corrected chi connectivity index (χ3v) is 2.90. The molecule has 1 amide bonds. The lowest BCUT2D eigenvalue weighted by atomic mass is 10.0. The van der Waals surface area contributed by atoms with Gasteiger partial charge in [-0.3, -0.25) is 4.79 Å². The smallest absolute Gasteiger partial charge is 0.217 e. The van der Waals surface area contributed by atoms with Crippen molar-refractivity contribution in [1.82, 2.24) is 5.32 Å². The Labute approximate surface area is 113 Å². The summed E-state index contributed by atoms with van der Waals surface area (Å²) in [6.45, 7) is 2.08. The highest BCUT2D eigenvalue weighted by Crippen LogP contribution is 2.23. The average molecular weight is 255 g/mol. The first-order valence-electron chi connectivity index (χ1n) is 6.17. The summed E-state index contributed by atoms with van der Waals surface area (Å²) < 4.78 is 5.22. The molecule has 0 fully saturated rings. The Balaban J connectivity index is 2.15. The van der Waals surface area contributed by atoms with Crippen LogP contribution in [0.4, 0.5) is 0 Å². The van der Waals surface area contributed by atoms with E-state index in [9.17, 15) is 4.79 Å². The maximum Gasteiger partial charge on any atom is 0.217 e. The van der Waals surface area contributed by atoms with Gasteiger partial charge in [-0.05, 0) is 28.8 Å². The Kier molecular flexibility index (Phi) is 4.18. The van der Waals surface area contributed by atoms with Gasteiger partial charge in [-0.2, -0.15) is 0 Å². The van der Waals surface area contributed by atoms with Crippen LogP contribution in [0.2, 0.25) is 0 Å². The van der Waals surface area contributed by atoms with Gasteiger partial charge in [0.05, 0.1) is 7.11 Å². The first-order valence-corrected chi connectivity index (χ1v) is 6.17. The van der Waals surface area contributed by atoms with Crippen LogP contribution in [-0.2, 0) is 11.3 Å². The van der Waals surface area contributed by atoms with Crippen molar-refractivity contribution in [2.24, 2.45) is 0 Å². The molecule has 0 aliphatic carbocycles. The summed E-state index contributed by atoms with van der Waals surface area (Å²) in [4.78, 5) is 10.9. The Morgan fingerprint density at radius 2 is 1.84 bits per heavy atom. The zero-order chi connectivity index (χ0) is 13.7. The van der Waals surface area contributed by atoms with Crippen molar-refractivity contribution in [2.75, 3.05) is 7.11 Å². The Morgan fingerprint density at radius 1 is 1.11 bits per heavy atom. The fraction of sp³-hybridized carbons (Fsp3) is 0.188. The van der Waals surface area contributed by atoms with Crippen molar-refractivity contribution < 1.29 is 9.53 Å². The summed E-state index contributed by atoms with van der Waals surface area (Å²) in [7, 11) is 1.66. The molecule has 0 unspecified atom stereocenters. The minimum absolute atomic E-state index is 0.0168. The lowest BCUT2D eigenvalue weighted by Crippen LogP contribution is -2.18. The number of rotatable bonds is 4. The largest absolute Gasteiger partial charge is 0.497 e. The minimum atomic E-state index is -0.0168. The normalized spacial score (nSPS) is 10.0. The molecular weight excluding hydrogens is 238 g/mol. The van der Waals surface area contributed by atoms with Crippen LogP contribution in [0.15, 0.2) is 48.5 Å². The molecule has 3 heteroatoms. The topological polar surface area (TPSA) is 38.3 Å². The maximum atomic E-state index is 10.9. The van der Waals surface area contributed by atoms with E-state index in [-0.39, 0.29) is 5.91 Å². The second-order valence-corrected chi connectivity index (χ2v) is 4.34. The standard InChI is InChI=1S/C16H17NO2/c1-12(18)17-11-13-6-8-14(9-7-13)15-4-3-5-16(10-15)19-2/h3-10H,11H2,1-2H3,(H,17,18). The predicted octanol–water partition coefficient (Wildman–Crippen LogP) is 3.00. The van der Waals surface area contributed by atoms with Crippen molar-refractivity contribution in [3.63, 3.8) is 0 Å². The van der Waals surface area contributed by atoms with E-state index in [1.807, 2.05) is 48.5 Å². The van der Waals surface area contributed by atoms with Gasteiger partial charge < -0.3 is 10.1 Å². The summed E-state index contributed by atoms with van der Waals surface area (Å²) in [6, 6.07) is 16.1. The van der Waals surface area contributed by atoms with E-state index in [1.165, 1.54) is 6.92 Å². The molecule has 1 N–H and O–H groups in total. The molecule has 98 valence electrons. The van der Waals surface area contributed by atoms with Crippen LogP contribution < -0.4 is 10.1 Å². The first-order chi connectivity index (χ1) is 9.19. The fourth-order valence-corrected chi connectivity index (χ4v) is 1.84. The zero-order valence-corrected chi connectivity index (χ0v) is 11.1. The molecule has 0 spiro atoms. The van der Waals surface area contributed by atoms with Crippen LogP contribution in [-0.4, -0.2) is 13.0 Å². The number of hydrogen-bond acceptors (Lipinski definition) is 2. The van der Waals surface area contributed by atoms with Crippen molar-refractivity contribution in [2.45, 2.75) is 13.5 Å². The van der Waals surface area contributed by atoms with Gasteiger partial charge in [0.2, 0.25) is 5.91 Å². The zero-order valence-electron chi connectivity index (χ0n) is 11.1. The van der Waals surface area contributed by atoms with Crippen molar-refractivity contribution in [3.05, 3.63) is 54.1 Å². The number of hydrogen-bond donors (Lipinski definition) is 1. The highest BCUT2D eigenvalue weighted by Gasteiger charge is 2.00. The molecule has 2 rings (SSSR count). The number of amides is 1.